The maximum Gasteiger partial charge on any atom is 0.747 e. The lowest BCUT2D eigenvalue weighted by atomic mass is 9.93. The summed E-state index contributed by atoms with van der Waals surface area (Å²) < 4.78 is 16.2. The van der Waals surface area contributed by atoms with Crippen molar-refractivity contribution in [2.24, 2.45) is 0 Å². The highest BCUT2D eigenvalue weighted by Gasteiger charge is 2.22. The first-order chi connectivity index (χ1) is 13.4. The number of hydrogen-bond donors (Lipinski definition) is 1. The van der Waals surface area contributed by atoms with Crippen LogP contribution in [0.15, 0.2) is 66.7 Å². The van der Waals surface area contributed by atoms with Crippen molar-refractivity contribution in [3.8, 4) is 28.0 Å². The molecule has 140 valence electrons. The Morgan fingerprint density at radius 1 is 0.786 bits per heavy atom. The molecule has 28 heavy (non-hydrogen) atoms. The Hall–Kier alpha value is -3.68. The zero-order chi connectivity index (χ0) is 20.3. The molecular weight excluding hydrogens is 387 g/mol. The van der Waals surface area contributed by atoms with E-state index in [1.807, 2.05) is 0 Å². The van der Waals surface area contributed by atoms with Crippen molar-refractivity contribution in [2.75, 3.05) is 0 Å². The molecule has 0 amide bonds. The maximum absolute atomic E-state index is 11.2. The van der Waals surface area contributed by atoms with Gasteiger partial charge in [-0.05, 0) is 47.0 Å². The SMILES string of the molecule is O=[N+]([O-])c1ccc(-c2cccc(O[P+](=O)O)c2-c2ccc([N+](=O)[O-])cc2)cc1. The van der Waals surface area contributed by atoms with Gasteiger partial charge in [0.15, 0.2) is 5.75 Å². The van der Waals surface area contributed by atoms with Crippen LogP contribution in [0.25, 0.3) is 22.3 Å². The second-order valence-corrected chi connectivity index (χ2v) is 6.27. The Balaban J connectivity index is 2.18. The predicted octanol–water partition coefficient (Wildman–Crippen LogP) is 4.87. The molecule has 3 rings (SSSR count). The highest BCUT2D eigenvalue weighted by molar-refractivity contribution is 7.32. The molecule has 10 heteroatoms. The van der Waals surface area contributed by atoms with E-state index in [2.05, 4.69) is 0 Å². The molecular formula is C18H12N2O7P+. The highest BCUT2D eigenvalue weighted by atomic mass is 31.1. The van der Waals surface area contributed by atoms with Crippen LogP contribution in [-0.2, 0) is 4.57 Å². The normalized spacial score (nSPS) is 11.0. The fourth-order valence-corrected chi connectivity index (χ4v) is 3.06. The van der Waals surface area contributed by atoms with Crippen molar-refractivity contribution >= 4 is 19.6 Å². The van der Waals surface area contributed by atoms with Gasteiger partial charge in [-0.2, -0.15) is 0 Å². The summed E-state index contributed by atoms with van der Waals surface area (Å²) >= 11 is 0. The molecule has 0 heterocycles. The first-order valence-corrected chi connectivity index (χ1v) is 8.96. The quantitative estimate of drug-likeness (QED) is 0.355. The molecule has 0 aromatic heterocycles. The van der Waals surface area contributed by atoms with Crippen LogP contribution < -0.4 is 4.52 Å². The molecule has 1 N–H and O–H groups in total. The summed E-state index contributed by atoms with van der Waals surface area (Å²) in [5.74, 6) is 0.105. The van der Waals surface area contributed by atoms with Gasteiger partial charge >= 0.3 is 8.25 Å². The summed E-state index contributed by atoms with van der Waals surface area (Å²) in [6.45, 7) is 0. The van der Waals surface area contributed by atoms with Gasteiger partial charge in [-0.25, -0.2) is 4.52 Å². The summed E-state index contributed by atoms with van der Waals surface area (Å²) in [7, 11) is -2.94. The molecule has 0 spiro atoms. The average molecular weight is 399 g/mol. The lowest BCUT2D eigenvalue weighted by molar-refractivity contribution is -0.385. The van der Waals surface area contributed by atoms with E-state index < -0.39 is 18.1 Å². The van der Waals surface area contributed by atoms with Crippen molar-refractivity contribution in [1.82, 2.24) is 0 Å². The Morgan fingerprint density at radius 3 is 1.75 bits per heavy atom. The number of hydrogen-bond acceptors (Lipinski definition) is 6. The van der Waals surface area contributed by atoms with Gasteiger partial charge in [0.1, 0.15) is 0 Å². The fourth-order valence-electron chi connectivity index (χ4n) is 2.74. The van der Waals surface area contributed by atoms with Gasteiger partial charge in [0.2, 0.25) is 0 Å². The van der Waals surface area contributed by atoms with Crippen LogP contribution in [-0.4, -0.2) is 14.7 Å². The predicted molar refractivity (Wildman–Crippen MR) is 101 cm³/mol. The molecule has 3 aromatic carbocycles. The smallest absolute Gasteiger partial charge is 0.258 e. The topological polar surface area (TPSA) is 133 Å². The second kappa shape index (κ2) is 7.91. The van der Waals surface area contributed by atoms with Crippen LogP contribution in [0.2, 0.25) is 0 Å². The number of nitro groups is 2. The highest BCUT2D eigenvalue weighted by Crippen LogP contribution is 2.42. The zero-order valence-corrected chi connectivity index (χ0v) is 15.0. The van der Waals surface area contributed by atoms with Crippen molar-refractivity contribution < 1.29 is 23.8 Å². The molecule has 0 aliphatic carbocycles. The Bertz CT molecular complexity index is 1070. The standard InChI is InChI=1S/C18H11N2O7P/c21-19(22)14-8-4-12(5-9-14)16-2-1-3-17(27-28(25)26)18(16)13-6-10-15(11-7-13)20(23)24/h1-11H/p+1. The number of nitro benzene ring substituents is 2. The molecule has 0 aliphatic heterocycles. The van der Waals surface area contributed by atoms with Crippen LogP contribution >= 0.6 is 8.25 Å². The number of rotatable bonds is 6. The van der Waals surface area contributed by atoms with Crippen molar-refractivity contribution in [1.29, 1.82) is 0 Å². The third-order valence-electron chi connectivity index (χ3n) is 3.96. The zero-order valence-electron chi connectivity index (χ0n) is 14.1. The lowest BCUT2D eigenvalue weighted by Gasteiger charge is -2.12. The van der Waals surface area contributed by atoms with E-state index in [1.165, 1.54) is 42.5 Å². The number of non-ortho nitro benzene ring substituents is 2. The van der Waals surface area contributed by atoms with Crippen LogP contribution in [0.3, 0.4) is 0 Å². The summed E-state index contributed by atoms with van der Waals surface area (Å²) in [5.41, 5.74) is 1.96. The van der Waals surface area contributed by atoms with E-state index in [9.17, 15) is 29.7 Å². The van der Waals surface area contributed by atoms with E-state index >= 15 is 0 Å². The number of nitrogens with zero attached hydrogens (tertiary/aromatic N) is 2. The van der Waals surface area contributed by atoms with E-state index in [4.69, 9.17) is 4.52 Å². The molecule has 9 nitrogen and oxygen atoms in total. The van der Waals surface area contributed by atoms with Gasteiger partial charge in [-0.1, -0.05) is 12.1 Å². The van der Waals surface area contributed by atoms with Gasteiger partial charge in [0, 0.05) is 34.4 Å². The van der Waals surface area contributed by atoms with Gasteiger partial charge in [0.05, 0.1) is 9.85 Å². The third kappa shape index (κ3) is 4.01. The molecule has 0 fully saturated rings. The van der Waals surface area contributed by atoms with Crippen LogP contribution in [0, 0.1) is 20.2 Å². The first kappa shape index (κ1) is 19.1. The average Bonchev–Trinajstić information content (AvgIpc) is 2.67. The Morgan fingerprint density at radius 2 is 1.29 bits per heavy atom. The molecule has 0 radical (unpaired) electrons. The molecule has 3 aromatic rings. The second-order valence-electron chi connectivity index (χ2n) is 5.62. The van der Waals surface area contributed by atoms with Gasteiger partial charge < -0.3 is 0 Å². The molecule has 1 unspecified atom stereocenters. The summed E-state index contributed by atoms with van der Waals surface area (Å²) in [5, 5.41) is 21.8. The number of benzene rings is 3. The van der Waals surface area contributed by atoms with Crippen molar-refractivity contribution in [2.45, 2.75) is 0 Å². The van der Waals surface area contributed by atoms with E-state index in [0.717, 1.165) is 0 Å². The van der Waals surface area contributed by atoms with Gasteiger partial charge in [-0.3, -0.25) is 20.2 Å². The molecule has 0 saturated carbocycles. The minimum absolute atomic E-state index is 0.0773. The summed E-state index contributed by atoms with van der Waals surface area (Å²) in [6.07, 6.45) is 0. The molecule has 0 aliphatic rings. The van der Waals surface area contributed by atoms with Gasteiger partial charge in [-0.15, -0.1) is 4.89 Å². The third-order valence-corrected chi connectivity index (χ3v) is 4.31. The van der Waals surface area contributed by atoms with E-state index in [0.29, 0.717) is 22.3 Å². The van der Waals surface area contributed by atoms with E-state index in [1.54, 1.807) is 24.3 Å². The van der Waals surface area contributed by atoms with Crippen molar-refractivity contribution in [3.05, 3.63) is 87.0 Å². The largest absolute Gasteiger partial charge is 0.747 e. The maximum atomic E-state index is 11.2. The molecule has 0 bridgehead atoms. The van der Waals surface area contributed by atoms with E-state index in [-0.39, 0.29) is 17.1 Å². The van der Waals surface area contributed by atoms with Crippen LogP contribution in [0.1, 0.15) is 0 Å². The molecule has 0 saturated heterocycles. The fraction of sp³-hybridized carbons (Fsp3) is 0. The Labute approximate surface area is 159 Å². The summed E-state index contributed by atoms with van der Waals surface area (Å²) in [4.78, 5) is 29.9. The minimum atomic E-state index is -2.94. The van der Waals surface area contributed by atoms with Crippen molar-refractivity contribution in [3.63, 3.8) is 0 Å². The van der Waals surface area contributed by atoms with Crippen LogP contribution in [0.5, 0.6) is 5.75 Å². The summed E-state index contributed by atoms with van der Waals surface area (Å²) in [6, 6.07) is 16.2. The van der Waals surface area contributed by atoms with Gasteiger partial charge in [0.25, 0.3) is 11.4 Å². The van der Waals surface area contributed by atoms with Crippen LogP contribution in [0.4, 0.5) is 11.4 Å². The lowest BCUT2D eigenvalue weighted by Crippen LogP contribution is -1.93. The minimum Gasteiger partial charge on any atom is -0.258 e. The first-order valence-electron chi connectivity index (χ1n) is 7.83. The monoisotopic (exact) mass is 399 g/mol. The Kier molecular flexibility index (Phi) is 5.39. The molecule has 1 atom stereocenters.